The smallest absolute Gasteiger partial charge is 0.295 e. The molecule has 0 atom stereocenters. The van der Waals surface area contributed by atoms with Crippen molar-refractivity contribution in [2.75, 3.05) is 39.3 Å². The Morgan fingerprint density at radius 1 is 0.846 bits per heavy atom. The number of para-hydroxylation sites is 1. The average Bonchev–Trinajstić information content (AvgIpc) is 3.36. The third kappa shape index (κ3) is 5.46. The predicted molar refractivity (Wildman–Crippen MR) is 157 cm³/mol. The lowest BCUT2D eigenvalue weighted by molar-refractivity contribution is 0.0864. The Kier molecular flexibility index (Phi) is 7.82. The van der Waals surface area contributed by atoms with Crippen LogP contribution in [0.4, 0.5) is 0 Å². The fourth-order valence-electron chi connectivity index (χ4n) is 5.52. The molecular formula is C32H37N5O2. The van der Waals surface area contributed by atoms with Gasteiger partial charge in [-0.15, -0.1) is 0 Å². The highest BCUT2D eigenvalue weighted by Gasteiger charge is 2.25. The summed E-state index contributed by atoms with van der Waals surface area (Å²) in [6, 6.07) is 21.9. The van der Waals surface area contributed by atoms with Crippen molar-refractivity contribution in [1.82, 2.24) is 23.7 Å². The number of benzene rings is 2. The highest BCUT2D eigenvalue weighted by Crippen LogP contribution is 2.23. The summed E-state index contributed by atoms with van der Waals surface area (Å²) in [6.07, 6.45) is 4.37. The van der Waals surface area contributed by atoms with Gasteiger partial charge in [0.05, 0.1) is 17.9 Å². The van der Waals surface area contributed by atoms with Crippen molar-refractivity contribution in [3.05, 3.63) is 111 Å². The van der Waals surface area contributed by atoms with Gasteiger partial charge in [-0.25, -0.2) is 4.68 Å². The molecule has 39 heavy (non-hydrogen) atoms. The van der Waals surface area contributed by atoms with Crippen molar-refractivity contribution in [1.29, 1.82) is 0 Å². The third-order valence-corrected chi connectivity index (χ3v) is 7.78. The van der Waals surface area contributed by atoms with Crippen LogP contribution in [-0.2, 0) is 7.05 Å². The van der Waals surface area contributed by atoms with E-state index in [9.17, 15) is 9.59 Å². The van der Waals surface area contributed by atoms with Crippen LogP contribution in [0.25, 0.3) is 17.5 Å². The first-order valence-electron chi connectivity index (χ1n) is 13.6. The second-order valence-electron chi connectivity index (χ2n) is 10.3. The summed E-state index contributed by atoms with van der Waals surface area (Å²) in [4.78, 5) is 31.7. The molecule has 1 fully saturated rings. The Bertz CT molecular complexity index is 1530. The number of aromatic nitrogens is 3. The molecule has 7 nitrogen and oxygen atoms in total. The average molecular weight is 524 g/mol. The number of rotatable bonds is 8. The molecular weight excluding hydrogens is 486 g/mol. The Labute approximate surface area is 230 Å². The van der Waals surface area contributed by atoms with Crippen LogP contribution in [0.5, 0.6) is 0 Å². The zero-order valence-electron chi connectivity index (χ0n) is 23.3. The summed E-state index contributed by atoms with van der Waals surface area (Å²) >= 11 is 0. The predicted octanol–water partition coefficient (Wildman–Crippen LogP) is 4.41. The van der Waals surface area contributed by atoms with Crippen LogP contribution < -0.4 is 5.56 Å². The van der Waals surface area contributed by atoms with Crippen LogP contribution in [0.2, 0.25) is 0 Å². The summed E-state index contributed by atoms with van der Waals surface area (Å²) in [5.41, 5.74) is 5.76. The maximum Gasteiger partial charge on any atom is 0.295 e. The van der Waals surface area contributed by atoms with Crippen molar-refractivity contribution in [2.24, 2.45) is 7.05 Å². The van der Waals surface area contributed by atoms with Crippen LogP contribution >= 0.6 is 0 Å². The van der Waals surface area contributed by atoms with Crippen LogP contribution in [0.1, 0.15) is 33.0 Å². The van der Waals surface area contributed by atoms with E-state index in [2.05, 4.69) is 46.2 Å². The third-order valence-electron chi connectivity index (χ3n) is 7.78. The first-order valence-corrected chi connectivity index (χ1v) is 13.6. The van der Waals surface area contributed by atoms with Crippen molar-refractivity contribution in [3.63, 3.8) is 0 Å². The normalized spacial score (nSPS) is 14.9. The minimum atomic E-state index is -0.0977. The van der Waals surface area contributed by atoms with Gasteiger partial charge in [0, 0.05) is 56.7 Å². The highest BCUT2D eigenvalue weighted by molar-refractivity contribution is 5.99. The van der Waals surface area contributed by atoms with Crippen molar-refractivity contribution >= 4 is 11.9 Å². The molecule has 4 aromatic rings. The summed E-state index contributed by atoms with van der Waals surface area (Å²) < 4.78 is 5.50. The molecule has 7 heteroatoms. The van der Waals surface area contributed by atoms with Gasteiger partial charge in [-0.05, 0) is 44.5 Å². The maximum absolute atomic E-state index is 13.6. The van der Waals surface area contributed by atoms with Crippen molar-refractivity contribution < 1.29 is 4.79 Å². The molecule has 1 aliphatic rings. The van der Waals surface area contributed by atoms with Crippen LogP contribution in [0.3, 0.4) is 0 Å². The number of hydrogen-bond acceptors (Lipinski definition) is 4. The van der Waals surface area contributed by atoms with E-state index in [1.165, 1.54) is 5.56 Å². The van der Waals surface area contributed by atoms with Gasteiger partial charge in [0.2, 0.25) is 0 Å². The molecule has 0 spiro atoms. The highest BCUT2D eigenvalue weighted by atomic mass is 16.1. The van der Waals surface area contributed by atoms with Crippen molar-refractivity contribution in [2.45, 2.75) is 20.8 Å². The molecule has 3 heterocycles. The summed E-state index contributed by atoms with van der Waals surface area (Å²) in [5.74, 6) is 0.101. The molecule has 202 valence electrons. The van der Waals surface area contributed by atoms with Gasteiger partial charge in [0.15, 0.2) is 5.78 Å². The topological polar surface area (TPSA) is 55.4 Å². The zero-order chi connectivity index (χ0) is 27.5. The lowest BCUT2D eigenvalue weighted by atomic mass is 10.1. The molecule has 0 bridgehead atoms. The molecule has 5 rings (SSSR count). The number of piperazine rings is 1. The second kappa shape index (κ2) is 11.4. The van der Waals surface area contributed by atoms with Crippen LogP contribution in [0, 0.1) is 20.8 Å². The number of aryl methyl sites for hydroxylation is 1. The number of carbonyl (C=O) groups excluding carboxylic acids is 1. The number of ketones is 1. The molecule has 0 amide bonds. The Morgan fingerprint density at radius 3 is 2.13 bits per heavy atom. The number of nitrogens with zero attached hydrogens (tertiary/aromatic N) is 5. The first kappa shape index (κ1) is 26.7. The standard InChI is InChI=1S/C32H37N5O2/c1-24-22-29(25(2)36(24)31-26(3)33(4)37(32(31)39)28-15-9-6-10-16-28)30(38)23-35-20-18-34(19-21-35)17-11-14-27-12-7-5-8-13-27/h5-16,22H,17-21,23H2,1-4H3/b14-11+. The molecule has 0 aliphatic carbocycles. The number of Topliss-reactive ketones (excluding diaryl/α,β-unsaturated/α-hetero) is 1. The Hall–Kier alpha value is -3.94. The largest absolute Gasteiger partial charge is 0.311 e. The van der Waals surface area contributed by atoms with Gasteiger partial charge in [0.25, 0.3) is 5.56 Å². The minimum absolute atomic E-state index is 0.0977. The van der Waals surface area contributed by atoms with Crippen LogP contribution in [0.15, 0.2) is 77.6 Å². The van der Waals surface area contributed by atoms with E-state index >= 15 is 0 Å². The first-order chi connectivity index (χ1) is 18.8. The van der Waals surface area contributed by atoms with E-state index < -0.39 is 0 Å². The summed E-state index contributed by atoms with van der Waals surface area (Å²) in [7, 11) is 1.89. The zero-order valence-corrected chi connectivity index (χ0v) is 23.3. The second-order valence-corrected chi connectivity index (χ2v) is 10.3. The van der Waals surface area contributed by atoms with E-state index in [-0.39, 0.29) is 11.3 Å². The van der Waals surface area contributed by atoms with Gasteiger partial charge in [-0.2, -0.15) is 0 Å². The molecule has 1 saturated heterocycles. The molecule has 1 aliphatic heterocycles. The lowest BCUT2D eigenvalue weighted by Crippen LogP contribution is -2.47. The molecule has 0 N–H and O–H groups in total. The van der Waals surface area contributed by atoms with Crippen molar-refractivity contribution in [3.8, 4) is 11.4 Å². The summed E-state index contributed by atoms with van der Waals surface area (Å²) in [6.45, 7) is 10.8. The number of carbonyl (C=O) groups is 1. The van der Waals surface area contributed by atoms with E-state index in [1.54, 1.807) is 4.68 Å². The monoisotopic (exact) mass is 523 g/mol. The minimum Gasteiger partial charge on any atom is -0.311 e. The molecule has 2 aromatic carbocycles. The van der Waals surface area contributed by atoms with Gasteiger partial charge in [-0.1, -0.05) is 60.7 Å². The van der Waals surface area contributed by atoms with E-state index in [4.69, 9.17) is 0 Å². The molecule has 2 aromatic heterocycles. The van der Waals surface area contributed by atoms with Gasteiger partial charge in [0.1, 0.15) is 5.69 Å². The fraction of sp³-hybridized carbons (Fsp3) is 0.312. The van der Waals surface area contributed by atoms with Gasteiger partial charge in [-0.3, -0.25) is 24.1 Å². The fourth-order valence-corrected chi connectivity index (χ4v) is 5.52. The van der Waals surface area contributed by atoms with E-state index in [1.807, 2.05) is 79.5 Å². The Balaban J connectivity index is 1.27. The SMILES string of the molecule is Cc1cc(C(=O)CN2CCN(C/C=C/c3ccccc3)CC2)c(C)n1-c1c(C)n(C)n(-c2ccccc2)c1=O. The van der Waals surface area contributed by atoms with E-state index in [0.29, 0.717) is 17.8 Å². The van der Waals surface area contributed by atoms with E-state index in [0.717, 1.165) is 55.5 Å². The number of hydrogen-bond donors (Lipinski definition) is 0. The molecule has 0 unspecified atom stereocenters. The van der Waals surface area contributed by atoms with Gasteiger partial charge >= 0.3 is 0 Å². The van der Waals surface area contributed by atoms with Crippen LogP contribution in [-0.4, -0.2) is 68.8 Å². The molecule has 0 saturated carbocycles. The molecule has 0 radical (unpaired) electrons. The maximum atomic E-state index is 13.6. The lowest BCUT2D eigenvalue weighted by Gasteiger charge is -2.33. The quantitative estimate of drug-likeness (QED) is 0.321. The summed E-state index contributed by atoms with van der Waals surface area (Å²) in [5, 5.41) is 0. The Morgan fingerprint density at radius 2 is 1.46 bits per heavy atom. The van der Waals surface area contributed by atoms with Gasteiger partial charge < -0.3 is 4.57 Å².